The molecule has 1 heterocycles. The van der Waals surface area contributed by atoms with Gasteiger partial charge in [0.25, 0.3) is 0 Å². The topological polar surface area (TPSA) is 130 Å². The second-order valence-corrected chi connectivity index (χ2v) is 8.47. The summed E-state index contributed by atoms with van der Waals surface area (Å²) < 4.78 is 0. The van der Waals surface area contributed by atoms with Crippen molar-refractivity contribution in [3.8, 4) is 11.3 Å². The Labute approximate surface area is 212 Å². The van der Waals surface area contributed by atoms with Crippen molar-refractivity contribution in [2.45, 2.75) is 39.5 Å². The summed E-state index contributed by atoms with van der Waals surface area (Å²) in [4.78, 5) is 34.5. The number of aromatic nitrogens is 2. The molecule has 9 heteroatoms. The Hall–Kier alpha value is -3.82. The van der Waals surface area contributed by atoms with Crippen LogP contribution in [0.1, 0.15) is 39.5 Å². The van der Waals surface area contributed by atoms with Crippen molar-refractivity contribution in [2.24, 2.45) is 5.73 Å². The van der Waals surface area contributed by atoms with Crippen LogP contribution >= 0.6 is 0 Å². The molecule has 0 spiro atoms. The molecular formula is C27H36N7O2+. The first-order valence-corrected chi connectivity index (χ1v) is 12.4. The average molecular weight is 491 g/mol. The summed E-state index contributed by atoms with van der Waals surface area (Å²) in [5.41, 5.74) is 10.2. The first kappa shape index (κ1) is 26.8. The Morgan fingerprint density at radius 3 is 2.31 bits per heavy atom. The molecule has 0 aliphatic rings. The van der Waals surface area contributed by atoms with Gasteiger partial charge in [0.2, 0.25) is 11.9 Å². The van der Waals surface area contributed by atoms with Crippen LogP contribution in [0, 0.1) is 0 Å². The SMILES string of the molecule is CCCC(=O)Nc1ccc(-c2ccnc(Nc3ccc(N(CN)CC[NH2+]C(=O)CCC)cc3)n2)cc1. The molecule has 0 saturated carbocycles. The lowest BCUT2D eigenvalue weighted by Crippen LogP contribution is -2.89. The van der Waals surface area contributed by atoms with E-state index in [2.05, 4.69) is 20.6 Å². The summed E-state index contributed by atoms with van der Waals surface area (Å²) in [6.45, 7) is 5.71. The highest BCUT2D eigenvalue weighted by atomic mass is 16.2. The molecule has 0 atom stereocenters. The number of anilines is 4. The Kier molecular flexibility index (Phi) is 10.3. The number of carbonyl (C=O) groups is 2. The van der Waals surface area contributed by atoms with Crippen molar-refractivity contribution in [3.05, 3.63) is 60.8 Å². The van der Waals surface area contributed by atoms with Crippen molar-refractivity contribution in [3.63, 3.8) is 0 Å². The lowest BCUT2D eigenvalue weighted by atomic mass is 10.1. The molecule has 2 amide bonds. The first-order chi connectivity index (χ1) is 17.5. The van der Waals surface area contributed by atoms with Gasteiger partial charge in [-0.3, -0.25) is 10.1 Å². The van der Waals surface area contributed by atoms with Crippen LogP contribution in [0.15, 0.2) is 60.8 Å². The van der Waals surface area contributed by atoms with Crippen molar-refractivity contribution >= 4 is 34.8 Å². The van der Waals surface area contributed by atoms with Crippen molar-refractivity contribution in [2.75, 3.05) is 35.3 Å². The number of nitrogens with two attached hydrogens (primary N) is 2. The number of carbonyl (C=O) groups excluding carboxylic acids is 2. The summed E-state index contributed by atoms with van der Waals surface area (Å²) in [6, 6.07) is 17.3. The highest BCUT2D eigenvalue weighted by Crippen LogP contribution is 2.23. The van der Waals surface area contributed by atoms with E-state index < -0.39 is 0 Å². The van der Waals surface area contributed by atoms with E-state index in [1.807, 2.05) is 73.3 Å². The minimum atomic E-state index is 0.0137. The maximum absolute atomic E-state index is 11.8. The molecule has 0 aliphatic heterocycles. The van der Waals surface area contributed by atoms with Gasteiger partial charge in [0, 0.05) is 35.2 Å². The van der Waals surface area contributed by atoms with Crippen LogP contribution in [0.5, 0.6) is 0 Å². The molecule has 0 unspecified atom stereocenters. The number of rotatable bonds is 13. The Balaban J connectivity index is 1.60. The number of hydrogen-bond acceptors (Lipinski definition) is 7. The van der Waals surface area contributed by atoms with Crippen molar-refractivity contribution in [1.82, 2.24) is 9.97 Å². The molecule has 2 aromatic carbocycles. The number of primary amides is 1. The van der Waals surface area contributed by atoms with Crippen molar-refractivity contribution < 1.29 is 14.9 Å². The maximum Gasteiger partial charge on any atom is 0.310 e. The lowest BCUT2D eigenvalue weighted by Gasteiger charge is -2.22. The van der Waals surface area contributed by atoms with Crippen LogP contribution in [-0.4, -0.2) is 41.5 Å². The third-order valence-corrected chi connectivity index (χ3v) is 5.57. The van der Waals surface area contributed by atoms with Gasteiger partial charge in [-0.05, 0) is 55.3 Å². The summed E-state index contributed by atoms with van der Waals surface area (Å²) >= 11 is 0. The molecule has 6 N–H and O–H groups in total. The largest absolute Gasteiger partial charge is 0.353 e. The summed E-state index contributed by atoms with van der Waals surface area (Å²) in [7, 11) is 0. The summed E-state index contributed by atoms with van der Waals surface area (Å²) in [5.74, 6) is 0.686. The van der Waals surface area contributed by atoms with E-state index in [1.54, 1.807) is 11.5 Å². The molecule has 0 aliphatic carbocycles. The Bertz CT molecular complexity index is 1120. The van der Waals surface area contributed by atoms with Crippen LogP contribution in [0.4, 0.5) is 23.0 Å². The van der Waals surface area contributed by atoms with Crippen LogP contribution < -0.4 is 26.6 Å². The number of nitrogens with one attached hydrogen (secondary N) is 2. The minimum Gasteiger partial charge on any atom is -0.353 e. The van der Waals surface area contributed by atoms with E-state index >= 15 is 0 Å². The second-order valence-electron chi connectivity index (χ2n) is 8.47. The fourth-order valence-electron chi connectivity index (χ4n) is 3.69. The van der Waals surface area contributed by atoms with Gasteiger partial charge in [0.1, 0.15) is 6.54 Å². The zero-order chi connectivity index (χ0) is 25.8. The standard InChI is InChI=1S/C27H35N7O2/c1-3-5-25(35)29-17-18-34(19-28)23-13-11-22(12-14-23)32-27-30-16-15-24(33-27)20-7-9-21(10-8-20)31-26(36)6-4-2/h7-16H,3-6,17-19,28H2,1-2H3,(H,29,35)(H,31,36)(H,30,32,33)/p+1. The number of hydrogen-bond donors (Lipinski definition) is 4. The third-order valence-electron chi connectivity index (χ3n) is 5.57. The molecule has 3 aromatic rings. The molecular weight excluding hydrogens is 454 g/mol. The number of nitrogens with zero attached hydrogens (tertiary/aromatic N) is 3. The first-order valence-electron chi connectivity index (χ1n) is 12.4. The number of amides is 2. The number of benzene rings is 2. The molecule has 0 radical (unpaired) electrons. The second kappa shape index (κ2) is 13.9. The van der Waals surface area contributed by atoms with Gasteiger partial charge >= 0.3 is 5.91 Å². The number of quaternary nitrogens is 1. The van der Waals surface area contributed by atoms with E-state index in [1.165, 1.54) is 0 Å². The van der Waals surface area contributed by atoms with Crippen LogP contribution in [0.3, 0.4) is 0 Å². The van der Waals surface area contributed by atoms with E-state index in [0.717, 1.165) is 41.2 Å². The van der Waals surface area contributed by atoms with Gasteiger partial charge in [0.05, 0.1) is 25.3 Å². The van der Waals surface area contributed by atoms with Crippen molar-refractivity contribution in [1.29, 1.82) is 0 Å². The molecule has 0 fully saturated rings. The molecule has 9 nitrogen and oxygen atoms in total. The monoisotopic (exact) mass is 490 g/mol. The highest BCUT2D eigenvalue weighted by Gasteiger charge is 2.09. The lowest BCUT2D eigenvalue weighted by molar-refractivity contribution is -0.566. The smallest absolute Gasteiger partial charge is 0.310 e. The fraction of sp³-hybridized carbons (Fsp3) is 0.333. The molecule has 0 saturated heterocycles. The molecule has 3 rings (SSSR count). The molecule has 1 aromatic heterocycles. The van der Waals surface area contributed by atoms with Crippen LogP contribution in [-0.2, 0) is 9.59 Å². The van der Waals surface area contributed by atoms with Crippen LogP contribution in [0.25, 0.3) is 11.3 Å². The predicted octanol–water partition coefficient (Wildman–Crippen LogP) is 3.24. The average Bonchev–Trinajstić information content (AvgIpc) is 2.88. The van der Waals surface area contributed by atoms with Crippen LogP contribution in [0.2, 0.25) is 0 Å². The zero-order valence-electron chi connectivity index (χ0n) is 21.0. The summed E-state index contributed by atoms with van der Waals surface area (Å²) in [6.07, 6.45) is 4.49. The van der Waals surface area contributed by atoms with Gasteiger partial charge in [0.15, 0.2) is 0 Å². The third kappa shape index (κ3) is 8.14. The molecule has 0 bridgehead atoms. The highest BCUT2D eigenvalue weighted by molar-refractivity contribution is 5.90. The van der Waals surface area contributed by atoms with Gasteiger partial charge in [-0.1, -0.05) is 26.0 Å². The minimum absolute atomic E-state index is 0.0137. The Morgan fingerprint density at radius 2 is 1.64 bits per heavy atom. The van der Waals surface area contributed by atoms with E-state index in [0.29, 0.717) is 38.5 Å². The summed E-state index contributed by atoms with van der Waals surface area (Å²) in [5, 5.41) is 7.89. The van der Waals surface area contributed by atoms with Gasteiger partial charge in [-0.25, -0.2) is 14.8 Å². The van der Waals surface area contributed by atoms with Gasteiger partial charge in [-0.2, -0.15) is 0 Å². The maximum atomic E-state index is 11.8. The van der Waals surface area contributed by atoms with E-state index in [-0.39, 0.29) is 11.8 Å². The normalized spacial score (nSPS) is 10.6. The zero-order valence-corrected chi connectivity index (χ0v) is 21.0. The fourth-order valence-corrected chi connectivity index (χ4v) is 3.69. The van der Waals surface area contributed by atoms with Gasteiger partial charge < -0.3 is 21.3 Å². The molecule has 36 heavy (non-hydrogen) atoms. The van der Waals surface area contributed by atoms with E-state index in [4.69, 9.17) is 5.73 Å². The quantitative estimate of drug-likeness (QED) is 0.271. The molecule has 190 valence electrons. The predicted molar refractivity (Wildman–Crippen MR) is 144 cm³/mol. The van der Waals surface area contributed by atoms with E-state index in [9.17, 15) is 9.59 Å². The van der Waals surface area contributed by atoms with Gasteiger partial charge in [-0.15, -0.1) is 0 Å². The Morgan fingerprint density at radius 1 is 0.944 bits per heavy atom.